The van der Waals surface area contributed by atoms with E-state index in [0.29, 0.717) is 6.54 Å². The molecule has 1 N–H and O–H groups in total. The Morgan fingerprint density at radius 3 is 2.32 bits per heavy atom. The first-order valence-electron chi connectivity index (χ1n) is 10.0. The van der Waals surface area contributed by atoms with Gasteiger partial charge in [0.1, 0.15) is 5.69 Å². The quantitative estimate of drug-likeness (QED) is 0.417. The average molecular weight is 449 g/mol. The molecule has 10 heteroatoms. The Balaban J connectivity index is 2.06. The summed E-state index contributed by atoms with van der Waals surface area (Å²) in [7, 11) is -2.11. The average Bonchev–Trinajstić information content (AvgIpc) is 2.74. The topological polar surface area (TPSA) is 113 Å². The van der Waals surface area contributed by atoms with Gasteiger partial charge in [0.2, 0.25) is 15.9 Å². The van der Waals surface area contributed by atoms with Crippen LogP contribution in [0.25, 0.3) is 0 Å². The minimum absolute atomic E-state index is 0.111. The maximum Gasteiger partial charge on any atom is 0.293 e. The number of amides is 1. The molecule has 0 heterocycles. The first-order chi connectivity index (χ1) is 14.7. The van der Waals surface area contributed by atoms with Gasteiger partial charge in [-0.15, -0.1) is 0 Å². The molecule has 1 amide bonds. The highest BCUT2D eigenvalue weighted by atomic mass is 32.2. The van der Waals surface area contributed by atoms with Crippen molar-refractivity contribution < 1.29 is 18.1 Å². The Labute approximate surface area is 182 Å². The summed E-state index contributed by atoms with van der Waals surface area (Å²) in [6, 6.07) is 13.3. The van der Waals surface area contributed by atoms with Crippen LogP contribution >= 0.6 is 0 Å². The lowest BCUT2D eigenvalue weighted by Gasteiger charge is -2.19. The van der Waals surface area contributed by atoms with Crippen LogP contribution in [0.2, 0.25) is 0 Å². The number of anilines is 1. The molecule has 2 rings (SSSR count). The van der Waals surface area contributed by atoms with Crippen LogP contribution in [-0.4, -0.2) is 55.1 Å². The van der Waals surface area contributed by atoms with Gasteiger partial charge in [0.15, 0.2) is 0 Å². The Kier molecular flexibility index (Phi) is 8.52. The minimum Gasteiger partial charge on any atom is -0.379 e. The number of rotatable bonds is 11. The molecule has 0 saturated carbocycles. The fourth-order valence-electron chi connectivity index (χ4n) is 3.13. The van der Waals surface area contributed by atoms with Crippen molar-refractivity contribution in [2.75, 3.05) is 32.0 Å². The number of benzene rings is 2. The van der Waals surface area contributed by atoms with Gasteiger partial charge in [-0.3, -0.25) is 14.9 Å². The summed E-state index contributed by atoms with van der Waals surface area (Å²) in [4.78, 5) is 24.7. The molecule has 0 saturated heterocycles. The predicted molar refractivity (Wildman–Crippen MR) is 119 cm³/mol. The van der Waals surface area contributed by atoms with E-state index in [1.807, 2.05) is 30.3 Å². The number of sulfonamides is 1. The summed E-state index contributed by atoms with van der Waals surface area (Å²) in [6.45, 7) is 4.60. The Hall–Kier alpha value is -2.98. The second-order valence-corrected chi connectivity index (χ2v) is 8.88. The number of hydrogen-bond donors (Lipinski definition) is 1. The van der Waals surface area contributed by atoms with Crippen molar-refractivity contribution in [2.24, 2.45) is 0 Å². The highest BCUT2D eigenvalue weighted by Crippen LogP contribution is 2.29. The van der Waals surface area contributed by atoms with Crippen LogP contribution in [0.5, 0.6) is 0 Å². The maximum atomic E-state index is 12.6. The molecule has 2 aromatic rings. The SMILES string of the molecule is CCN(CC)S(=O)(=O)c1ccc(NCCC(=O)N(C)Cc2ccccc2)c([N+](=O)[O-])c1. The van der Waals surface area contributed by atoms with Crippen LogP contribution in [0, 0.1) is 10.1 Å². The van der Waals surface area contributed by atoms with E-state index in [-0.39, 0.29) is 48.2 Å². The fourth-order valence-corrected chi connectivity index (χ4v) is 4.60. The Bertz CT molecular complexity index is 1010. The third-order valence-electron chi connectivity index (χ3n) is 4.85. The van der Waals surface area contributed by atoms with Gasteiger partial charge in [-0.2, -0.15) is 4.31 Å². The van der Waals surface area contributed by atoms with Gasteiger partial charge in [-0.25, -0.2) is 8.42 Å². The molecule has 0 fully saturated rings. The van der Waals surface area contributed by atoms with Gasteiger partial charge in [-0.05, 0) is 17.7 Å². The molecule has 0 atom stereocenters. The molecule has 0 aliphatic rings. The molecule has 0 aliphatic heterocycles. The van der Waals surface area contributed by atoms with E-state index in [1.165, 1.54) is 16.4 Å². The molecule has 2 aromatic carbocycles. The second-order valence-electron chi connectivity index (χ2n) is 6.94. The van der Waals surface area contributed by atoms with Crippen molar-refractivity contribution in [3.63, 3.8) is 0 Å². The van der Waals surface area contributed by atoms with Crippen LogP contribution in [0.1, 0.15) is 25.8 Å². The summed E-state index contributed by atoms with van der Waals surface area (Å²) in [5.41, 5.74) is 0.826. The summed E-state index contributed by atoms with van der Waals surface area (Å²) >= 11 is 0. The van der Waals surface area contributed by atoms with E-state index in [1.54, 1.807) is 25.8 Å². The summed E-state index contributed by atoms with van der Waals surface area (Å²) in [6.07, 6.45) is 0.139. The minimum atomic E-state index is -3.81. The van der Waals surface area contributed by atoms with Crippen LogP contribution < -0.4 is 5.32 Å². The third-order valence-corrected chi connectivity index (χ3v) is 6.90. The zero-order valence-electron chi connectivity index (χ0n) is 17.9. The molecule has 31 heavy (non-hydrogen) atoms. The molecule has 0 unspecified atom stereocenters. The van der Waals surface area contributed by atoms with Gasteiger partial charge < -0.3 is 10.2 Å². The number of hydrogen-bond acceptors (Lipinski definition) is 6. The van der Waals surface area contributed by atoms with E-state index >= 15 is 0 Å². The molecule has 0 radical (unpaired) electrons. The Morgan fingerprint density at radius 1 is 1.10 bits per heavy atom. The number of nitrogens with zero attached hydrogens (tertiary/aromatic N) is 3. The molecular weight excluding hydrogens is 420 g/mol. The first kappa shape index (κ1) is 24.3. The number of nitro benzene ring substituents is 1. The molecular formula is C21H28N4O5S. The van der Waals surface area contributed by atoms with Crippen molar-refractivity contribution in [1.29, 1.82) is 0 Å². The van der Waals surface area contributed by atoms with Gasteiger partial charge in [-0.1, -0.05) is 44.2 Å². The van der Waals surface area contributed by atoms with E-state index in [2.05, 4.69) is 5.32 Å². The monoisotopic (exact) mass is 448 g/mol. The van der Waals surface area contributed by atoms with Crippen molar-refractivity contribution >= 4 is 27.3 Å². The zero-order valence-corrected chi connectivity index (χ0v) is 18.8. The molecule has 0 aromatic heterocycles. The lowest BCUT2D eigenvalue weighted by molar-refractivity contribution is -0.384. The van der Waals surface area contributed by atoms with Crippen molar-refractivity contribution in [1.82, 2.24) is 9.21 Å². The van der Waals surface area contributed by atoms with E-state index in [4.69, 9.17) is 0 Å². The standard InChI is InChI=1S/C21H28N4O5S/c1-4-24(5-2)31(29,30)18-11-12-19(20(15-18)25(27)28)22-14-13-21(26)23(3)16-17-9-7-6-8-10-17/h6-12,15,22H,4-5,13-14,16H2,1-3H3. The van der Waals surface area contributed by atoms with Crippen molar-refractivity contribution in [2.45, 2.75) is 31.7 Å². The number of carbonyl (C=O) groups excluding carboxylic acids is 1. The second kappa shape index (κ2) is 10.9. The number of nitro groups is 1. The van der Waals surface area contributed by atoms with Crippen LogP contribution in [0.15, 0.2) is 53.4 Å². The van der Waals surface area contributed by atoms with E-state index in [0.717, 1.165) is 11.6 Å². The molecule has 0 aliphatic carbocycles. The molecule has 0 bridgehead atoms. The van der Waals surface area contributed by atoms with Crippen LogP contribution in [-0.2, 0) is 21.4 Å². The summed E-state index contributed by atoms with van der Waals surface area (Å²) in [5, 5.41) is 14.4. The fraction of sp³-hybridized carbons (Fsp3) is 0.381. The first-order valence-corrected chi connectivity index (χ1v) is 11.4. The van der Waals surface area contributed by atoms with Crippen LogP contribution in [0.3, 0.4) is 0 Å². The van der Waals surface area contributed by atoms with Crippen molar-refractivity contribution in [3.05, 3.63) is 64.2 Å². The zero-order chi connectivity index (χ0) is 23.0. The lowest BCUT2D eigenvalue weighted by atomic mass is 10.2. The smallest absolute Gasteiger partial charge is 0.293 e. The van der Waals surface area contributed by atoms with Gasteiger partial charge >= 0.3 is 0 Å². The molecule has 0 spiro atoms. The largest absolute Gasteiger partial charge is 0.379 e. The van der Waals surface area contributed by atoms with Crippen LogP contribution in [0.4, 0.5) is 11.4 Å². The number of nitrogens with one attached hydrogen (secondary N) is 1. The number of carbonyl (C=O) groups is 1. The van der Waals surface area contributed by atoms with E-state index in [9.17, 15) is 23.3 Å². The van der Waals surface area contributed by atoms with Gasteiger partial charge in [0.25, 0.3) is 5.69 Å². The molecule has 168 valence electrons. The van der Waals surface area contributed by atoms with Crippen molar-refractivity contribution in [3.8, 4) is 0 Å². The van der Waals surface area contributed by atoms with Gasteiger partial charge in [0, 0.05) is 45.7 Å². The Morgan fingerprint density at radius 2 is 1.74 bits per heavy atom. The summed E-state index contributed by atoms with van der Waals surface area (Å²) < 4.78 is 26.5. The van der Waals surface area contributed by atoms with Gasteiger partial charge in [0.05, 0.1) is 9.82 Å². The maximum absolute atomic E-state index is 12.6. The molecule has 9 nitrogen and oxygen atoms in total. The van der Waals surface area contributed by atoms with E-state index < -0.39 is 14.9 Å². The lowest BCUT2D eigenvalue weighted by Crippen LogP contribution is -2.30. The third kappa shape index (κ3) is 6.25. The highest BCUT2D eigenvalue weighted by Gasteiger charge is 2.25. The predicted octanol–water partition coefficient (Wildman–Crippen LogP) is 3.09. The normalized spacial score (nSPS) is 11.4. The summed E-state index contributed by atoms with van der Waals surface area (Å²) in [5.74, 6) is -0.111. The highest BCUT2D eigenvalue weighted by molar-refractivity contribution is 7.89.